The van der Waals surface area contributed by atoms with Crippen LogP contribution >= 0.6 is 0 Å². The van der Waals surface area contributed by atoms with Crippen LogP contribution in [0.4, 0.5) is 13.2 Å². The van der Waals surface area contributed by atoms with Crippen molar-refractivity contribution in [3.8, 4) is 11.5 Å². The molecule has 236 valence electrons. The zero-order valence-electron chi connectivity index (χ0n) is 25.9. The molecule has 2 aliphatic rings. The Kier molecular flexibility index (Phi) is 10.7. The van der Waals surface area contributed by atoms with Gasteiger partial charge in [-0.05, 0) is 74.8 Å². The number of amides is 1. The zero-order valence-corrected chi connectivity index (χ0v) is 25.9. The van der Waals surface area contributed by atoms with E-state index in [1.54, 1.807) is 19.0 Å². The maximum atomic E-state index is 13.8. The van der Waals surface area contributed by atoms with Gasteiger partial charge in [-0.15, -0.1) is 13.2 Å². The summed E-state index contributed by atoms with van der Waals surface area (Å²) in [5, 5.41) is 9.90. The van der Waals surface area contributed by atoms with Crippen molar-refractivity contribution in [2.24, 2.45) is 11.3 Å². The molecule has 0 aromatic heterocycles. The summed E-state index contributed by atoms with van der Waals surface area (Å²) in [5.41, 5.74) is 1.53. The molecule has 1 N–H and O–H groups in total. The minimum atomic E-state index is -4.76. The van der Waals surface area contributed by atoms with Crippen LogP contribution in [0.15, 0.2) is 48.5 Å². The highest BCUT2D eigenvalue weighted by Crippen LogP contribution is 2.39. The van der Waals surface area contributed by atoms with Crippen molar-refractivity contribution < 1.29 is 32.5 Å². The van der Waals surface area contributed by atoms with E-state index in [-0.39, 0.29) is 29.2 Å². The van der Waals surface area contributed by atoms with E-state index in [1.165, 1.54) is 12.1 Å². The molecule has 11 heteroatoms. The van der Waals surface area contributed by atoms with E-state index >= 15 is 0 Å². The summed E-state index contributed by atoms with van der Waals surface area (Å²) >= 11 is 0. The van der Waals surface area contributed by atoms with Crippen LogP contribution in [0, 0.1) is 11.3 Å². The molecule has 2 fully saturated rings. The molecule has 0 saturated carbocycles. The summed E-state index contributed by atoms with van der Waals surface area (Å²) < 4.78 is 48.7. The Labute approximate surface area is 254 Å². The molecule has 1 amide bonds. The zero-order chi connectivity index (χ0) is 31.4. The van der Waals surface area contributed by atoms with E-state index in [2.05, 4.69) is 30.4 Å². The number of para-hydroxylation sites is 1. The number of hydrogen-bond donors (Lipinski definition) is 1. The van der Waals surface area contributed by atoms with Gasteiger partial charge in [-0.1, -0.05) is 51.1 Å². The number of benzene rings is 2. The van der Waals surface area contributed by atoms with E-state index in [4.69, 9.17) is 4.74 Å². The average molecular weight is 604 g/mol. The van der Waals surface area contributed by atoms with Gasteiger partial charge in [0.2, 0.25) is 5.91 Å². The Bertz CT molecular complexity index is 1200. The fourth-order valence-electron chi connectivity index (χ4n) is 6.41. The van der Waals surface area contributed by atoms with Crippen molar-refractivity contribution in [1.82, 2.24) is 14.6 Å². The van der Waals surface area contributed by atoms with Crippen LogP contribution in [0.25, 0.3) is 0 Å². The lowest BCUT2D eigenvalue weighted by molar-refractivity contribution is -0.274. The molecule has 4 rings (SSSR count). The molecule has 2 atom stereocenters. The summed E-state index contributed by atoms with van der Waals surface area (Å²) in [6.07, 6.45) is -2.49. The van der Waals surface area contributed by atoms with Crippen LogP contribution in [0.2, 0.25) is 6.82 Å². The normalized spacial score (nSPS) is 20.1. The molecule has 0 bridgehead atoms. The third-order valence-corrected chi connectivity index (χ3v) is 8.68. The first-order chi connectivity index (χ1) is 20.3. The van der Waals surface area contributed by atoms with Crippen LogP contribution in [0.3, 0.4) is 0 Å². The van der Waals surface area contributed by atoms with Gasteiger partial charge < -0.3 is 24.2 Å². The number of alkyl halides is 3. The largest absolute Gasteiger partial charge is 0.573 e. The van der Waals surface area contributed by atoms with Crippen molar-refractivity contribution >= 4 is 13.0 Å². The molecule has 0 radical (unpaired) electrons. The number of rotatable bonds is 9. The lowest BCUT2D eigenvalue weighted by Gasteiger charge is -2.50. The molecule has 2 aromatic carbocycles. The van der Waals surface area contributed by atoms with E-state index in [0.29, 0.717) is 38.6 Å². The highest BCUT2D eigenvalue weighted by atomic mass is 19.4. The third-order valence-electron chi connectivity index (χ3n) is 8.68. The van der Waals surface area contributed by atoms with Crippen LogP contribution < -0.4 is 9.47 Å². The van der Waals surface area contributed by atoms with Gasteiger partial charge in [-0.3, -0.25) is 9.69 Å². The highest BCUT2D eigenvalue weighted by Gasteiger charge is 2.41. The van der Waals surface area contributed by atoms with Gasteiger partial charge in [-0.2, -0.15) is 0 Å². The SMILES string of the molecule is CCOc1ccccc1C(c1ccc(OC(F)(F)F)cc1)N1CCN(C(=O)CC2CCN(B(C)O)CC2)[C@@H](C(C)(C)C)C1. The highest BCUT2D eigenvalue weighted by molar-refractivity contribution is 6.45. The molecular formula is C32H45BF3N3O4. The van der Waals surface area contributed by atoms with Gasteiger partial charge in [0, 0.05) is 37.7 Å². The van der Waals surface area contributed by atoms with Crippen LogP contribution in [-0.2, 0) is 4.79 Å². The maximum absolute atomic E-state index is 13.8. The molecular weight excluding hydrogens is 558 g/mol. The smallest absolute Gasteiger partial charge is 0.494 e. The fourth-order valence-corrected chi connectivity index (χ4v) is 6.41. The van der Waals surface area contributed by atoms with E-state index < -0.39 is 13.4 Å². The summed E-state index contributed by atoms with van der Waals surface area (Å²) in [5.74, 6) is 0.912. The molecule has 1 unspecified atom stereocenters. The second kappa shape index (κ2) is 13.9. The van der Waals surface area contributed by atoms with Crippen LogP contribution in [0.1, 0.15) is 64.1 Å². The summed E-state index contributed by atoms with van der Waals surface area (Å²) in [6, 6.07) is 13.5. The molecule has 0 spiro atoms. The lowest BCUT2D eigenvalue weighted by Crippen LogP contribution is -2.60. The number of piperazine rings is 1. The van der Waals surface area contributed by atoms with Gasteiger partial charge in [-0.25, -0.2) is 0 Å². The predicted octanol–water partition coefficient (Wildman–Crippen LogP) is 5.84. The van der Waals surface area contributed by atoms with E-state index in [0.717, 1.165) is 42.8 Å². The van der Waals surface area contributed by atoms with Gasteiger partial charge in [0.15, 0.2) is 0 Å². The topological polar surface area (TPSA) is 65.5 Å². The maximum Gasteiger partial charge on any atom is 0.573 e. The lowest BCUT2D eigenvalue weighted by atomic mass is 9.80. The van der Waals surface area contributed by atoms with E-state index in [1.807, 2.05) is 40.9 Å². The molecule has 2 aromatic rings. The number of halogens is 3. The number of hydrogen-bond acceptors (Lipinski definition) is 6. The summed E-state index contributed by atoms with van der Waals surface area (Å²) in [4.78, 5) is 20.2. The summed E-state index contributed by atoms with van der Waals surface area (Å²) in [6.45, 7) is 14.0. The Morgan fingerprint density at radius 1 is 1.02 bits per heavy atom. The fraction of sp³-hybridized carbons (Fsp3) is 0.594. The van der Waals surface area contributed by atoms with Gasteiger partial charge in [0.1, 0.15) is 11.5 Å². The Morgan fingerprint density at radius 3 is 2.26 bits per heavy atom. The van der Waals surface area contributed by atoms with Gasteiger partial charge >= 0.3 is 13.4 Å². The number of carbonyl (C=O) groups excluding carboxylic acids is 1. The number of ether oxygens (including phenoxy) is 2. The van der Waals surface area contributed by atoms with Crippen molar-refractivity contribution in [3.63, 3.8) is 0 Å². The average Bonchev–Trinajstić information content (AvgIpc) is 2.94. The standard InChI is InChI=1S/C32H45BF3N3O4/c1-6-42-27-10-8-7-9-26(27)30(24-11-13-25(14-12-24)43-32(34,35)36)37-19-20-39(28(22-37)31(2,3)4)29(40)21-23-15-17-38(18-16-23)33(5)41/h7-14,23,28,30,41H,6,15-22H2,1-5H3/t28-,30?/m1/s1. The Hall–Kier alpha value is -2.76. The summed E-state index contributed by atoms with van der Waals surface area (Å²) in [7, 11) is -0.468. The Balaban J connectivity index is 1.59. The number of carbonyl (C=O) groups is 1. The third kappa shape index (κ3) is 8.67. The van der Waals surface area contributed by atoms with E-state index in [9.17, 15) is 23.0 Å². The minimum Gasteiger partial charge on any atom is -0.494 e. The van der Waals surface area contributed by atoms with Crippen molar-refractivity contribution in [1.29, 1.82) is 0 Å². The van der Waals surface area contributed by atoms with Gasteiger partial charge in [0.05, 0.1) is 12.6 Å². The Morgan fingerprint density at radius 2 is 1.67 bits per heavy atom. The molecule has 0 aliphatic carbocycles. The number of piperidine rings is 1. The van der Waals surface area contributed by atoms with Crippen molar-refractivity contribution in [2.45, 2.75) is 72.2 Å². The minimum absolute atomic E-state index is 0.0686. The molecule has 43 heavy (non-hydrogen) atoms. The van der Waals surface area contributed by atoms with Gasteiger partial charge in [0.25, 0.3) is 0 Å². The molecule has 2 aliphatic heterocycles. The van der Waals surface area contributed by atoms with Crippen LogP contribution in [-0.4, -0.2) is 84.3 Å². The van der Waals surface area contributed by atoms with Crippen LogP contribution in [0.5, 0.6) is 11.5 Å². The molecule has 7 nitrogen and oxygen atoms in total. The second-order valence-corrected chi connectivity index (χ2v) is 12.8. The predicted molar refractivity (Wildman–Crippen MR) is 162 cm³/mol. The molecule has 2 heterocycles. The van der Waals surface area contributed by atoms with Crippen molar-refractivity contribution in [3.05, 3.63) is 59.7 Å². The molecule has 2 saturated heterocycles. The van der Waals surface area contributed by atoms with Crippen molar-refractivity contribution in [2.75, 3.05) is 39.3 Å². The first kappa shape index (κ1) is 33.1. The first-order valence-electron chi connectivity index (χ1n) is 15.3. The second-order valence-electron chi connectivity index (χ2n) is 12.8. The monoisotopic (exact) mass is 603 g/mol. The quantitative estimate of drug-likeness (QED) is 0.364. The first-order valence-corrected chi connectivity index (χ1v) is 15.3. The number of nitrogens with zero attached hydrogens (tertiary/aromatic N) is 3.